The molecule has 1 aromatic rings. The van der Waals surface area contributed by atoms with Crippen LogP contribution in [0, 0.1) is 13.8 Å². The van der Waals surface area contributed by atoms with Crippen LogP contribution in [-0.2, 0) is 0 Å². The average molecular weight is 206 g/mol. The van der Waals surface area contributed by atoms with Crippen LogP contribution in [0.5, 0.6) is 0 Å². The van der Waals surface area contributed by atoms with Gasteiger partial charge in [0.2, 0.25) is 0 Å². The van der Waals surface area contributed by atoms with Gasteiger partial charge in [-0.15, -0.1) is 0 Å². The maximum atomic E-state index is 3.90. The normalized spacial score (nSPS) is 7.93. The van der Waals surface area contributed by atoms with Crippen LogP contribution in [0.2, 0.25) is 0 Å². The number of hydrogen-bond donors (Lipinski definition) is 0. The molecule has 1 aromatic carbocycles. The van der Waals surface area contributed by atoms with Gasteiger partial charge >= 0.3 is 0 Å². The highest BCUT2D eigenvalue weighted by Crippen LogP contribution is 2.15. The Kier molecular flexibility index (Phi) is 10.4. The molecule has 0 N–H and O–H groups in total. The van der Waals surface area contributed by atoms with Crippen LogP contribution in [0.25, 0.3) is 5.57 Å². The first-order valence-electron chi connectivity index (χ1n) is 5.84. The summed E-state index contributed by atoms with van der Waals surface area (Å²) in [6.45, 7) is 18.2. The molecule has 1 rings (SSSR count). The minimum Gasteiger partial charge on any atom is -0.0955 e. The highest BCUT2D eigenvalue weighted by Gasteiger charge is 1.95. The Morgan fingerprint density at radius 2 is 1.40 bits per heavy atom. The summed E-state index contributed by atoms with van der Waals surface area (Å²) in [5, 5.41) is 0. The van der Waals surface area contributed by atoms with Crippen molar-refractivity contribution in [2.75, 3.05) is 0 Å². The van der Waals surface area contributed by atoms with Crippen molar-refractivity contribution >= 4 is 5.57 Å². The van der Waals surface area contributed by atoms with Gasteiger partial charge in [-0.3, -0.25) is 0 Å². The van der Waals surface area contributed by atoms with Crippen molar-refractivity contribution in [3.05, 3.63) is 41.5 Å². The molecule has 0 heteroatoms. The Morgan fingerprint density at radius 3 is 1.73 bits per heavy atom. The van der Waals surface area contributed by atoms with Gasteiger partial charge in [0.05, 0.1) is 0 Å². The zero-order chi connectivity index (χ0) is 12.4. The maximum Gasteiger partial charge on any atom is -0.0230 e. The Bertz CT molecular complexity index is 282. The van der Waals surface area contributed by atoms with Crippen molar-refractivity contribution in [3.63, 3.8) is 0 Å². The van der Waals surface area contributed by atoms with E-state index in [9.17, 15) is 0 Å². The second kappa shape index (κ2) is 9.51. The summed E-state index contributed by atoms with van der Waals surface area (Å²) in [6, 6.07) is 6.43. The molecule has 0 heterocycles. The standard InChI is InChI=1S/C11H14.2C2H6/c1-8(2)11-6-5-9(3)10(4)7-11;2*1-2/h5-7H,1H2,2-4H3;2*1-2H3. The molecule has 0 bridgehead atoms. The van der Waals surface area contributed by atoms with E-state index in [2.05, 4.69) is 38.6 Å². The molecular weight excluding hydrogens is 180 g/mol. The fraction of sp³-hybridized carbons (Fsp3) is 0.467. The molecule has 0 aliphatic rings. The summed E-state index contributed by atoms with van der Waals surface area (Å²) in [4.78, 5) is 0. The van der Waals surface area contributed by atoms with E-state index in [1.54, 1.807) is 0 Å². The predicted molar refractivity (Wildman–Crippen MR) is 73.3 cm³/mol. The molecule has 0 aliphatic heterocycles. The minimum absolute atomic E-state index is 1.13. The van der Waals surface area contributed by atoms with Gasteiger partial charge in [-0.2, -0.15) is 0 Å². The molecule has 15 heavy (non-hydrogen) atoms. The molecule has 0 aromatic heterocycles. The van der Waals surface area contributed by atoms with Crippen molar-refractivity contribution in [3.8, 4) is 0 Å². The van der Waals surface area contributed by atoms with Crippen LogP contribution in [0.4, 0.5) is 0 Å². The largest absolute Gasteiger partial charge is 0.0955 e. The summed E-state index contributed by atoms with van der Waals surface area (Å²) < 4.78 is 0. The van der Waals surface area contributed by atoms with Gasteiger partial charge in [0, 0.05) is 0 Å². The van der Waals surface area contributed by atoms with Crippen LogP contribution in [0.15, 0.2) is 24.8 Å². The van der Waals surface area contributed by atoms with Gasteiger partial charge in [0.1, 0.15) is 0 Å². The monoisotopic (exact) mass is 206 g/mol. The second-order valence-corrected chi connectivity index (χ2v) is 3.08. The lowest BCUT2D eigenvalue weighted by atomic mass is 10.0. The van der Waals surface area contributed by atoms with Gasteiger partial charge in [-0.05, 0) is 37.5 Å². The SMILES string of the molecule is C=C(C)c1ccc(C)c(C)c1.CC.CC. The molecule has 86 valence electrons. The topological polar surface area (TPSA) is 0 Å². The molecule has 0 saturated heterocycles. The molecule has 0 atom stereocenters. The Labute approximate surface area is 96.0 Å². The third-order valence-corrected chi connectivity index (χ3v) is 2.00. The maximum absolute atomic E-state index is 3.90. The molecule has 0 amide bonds. The average Bonchev–Trinajstić information content (AvgIpc) is 2.27. The van der Waals surface area contributed by atoms with Crippen molar-refractivity contribution in [2.45, 2.75) is 48.5 Å². The second-order valence-electron chi connectivity index (χ2n) is 3.08. The molecule has 0 aliphatic carbocycles. The fourth-order valence-electron chi connectivity index (χ4n) is 1.01. The zero-order valence-electron chi connectivity index (χ0n) is 11.4. The Morgan fingerprint density at radius 1 is 0.933 bits per heavy atom. The van der Waals surface area contributed by atoms with E-state index < -0.39 is 0 Å². The quantitative estimate of drug-likeness (QED) is 0.578. The molecule has 0 radical (unpaired) electrons. The lowest BCUT2D eigenvalue weighted by Crippen LogP contribution is -1.83. The van der Waals surface area contributed by atoms with E-state index in [-0.39, 0.29) is 0 Å². The van der Waals surface area contributed by atoms with Crippen molar-refractivity contribution < 1.29 is 0 Å². The van der Waals surface area contributed by atoms with Crippen molar-refractivity contribution in [1.29, 1.82) is 0 Å². The fourth-order valence-corrected chi connectivity index (χ4v) is 1.01. The van der Waals surface area contributed by atoms with E-state index in [4.69, 9.17) is 0 Å². The van der Waals surface area contributed by atoms with E-state index in [1.807, 2.05) is 34.6 Å². The number of hydrogen-bond acceptors (Lipinski definition) is 0. The lowest BCUT2D eigenvalue weighted by Gasteiger charge is -2.03. The molecule has 0 saturated carbocycles. The number of allylic oxidation sites excluding steroid dienone is 1. The summed E-state index contributed by atoms with van der Waals surface area (Å²) in [7, 11) is 0. The highest BCUT2D eigenvalue weighted by molar-refractivity contribution is 5.62. The number of rotatable bonds is 1. The Balaban J connectivity index is 0. The summed E-state index contributed by atoms with van der Waals surface area (Å²) in [5.74, 6) is 0. The zero-order valence-corrected chi connectivity index (χ0v) is 11.4. The van der Waals surface area contributed by atoms with Crippen molar-refractivity contribution in [1.82, 2.24) is 0 Å². The Hall–Kier alpha value is -1.04. The molecule has 0 fully saturated rings. The van der Waals surface area contributed by atoms with E-state index in [0.29, 0.717) is 0 Å². The third-order valence-electron chi connectivity index (χ3n) is 2.00. The van der Waals surface area contributed by atoms with Gasteiger partial charge in [-0.25, -0.2) is 0 Å². The molecular formula is C15H26. The highest BCUT2D eigenvalue weighted by atomic mass is 14.0. The minimum atomic E-state index is 1.13. The first-order chi connectivity index (χ1) is 7.11. The van der Waals surface area contributed by atoms with E-state index >= 15 is 0 Å². The van der Waals surface area contributed by atoms with Crippen LogP contribution in [-0.4, -0.2) is 0 Å². The van der Waals surface area contributed by atoms with E-state index in [0.717, 1.165) is 5.57 Å². The van der Waals surface area contributed by atoms with Crippen LogP contribution in [0.1, 0.15) is 51.3 Å². The number of aryl methyl sites for hydroxylation is 2. The molecule has 0 spiro atoms. The van der Waals surface area contributed by atoms with Gasteiger partial charge in [-0.1, -0.05) is 58.0 Å². The van der Waals surface area contributed by atoms with E-state index in [1.165, 1.54) is 16.7 Å². The van der Waals surface area contributed by atoms with Gasteiger partial charge < -0.3 is 0 Å². The van der Waals surface area contributed by atoms with Crippen LogP contribution >= 0.6 is 0 Å². The lowest BCUT2D eigenvalue weighted by molar-refractivity contribution is 1.33. The summed E-state index contributed by atoms with van der Waals surface area (Å²) >= 11 is 0. The van der Waals surface area contributed by atoms with Crippen LogP contribution in [0.3, 0.4) is 0 Å². The smallest absolute Gasteiger partial charge is 0.0230 e. The first-order valence-corrected chi connectivity index (χ1v) is 5.84. The molecule has 0 unspecified atom stereocenters. The predicted octanol–water partition coefficient (Wildman–Crippen LogP) is 5.39. The van der Waals surface area contributed by atoms with Gasteiger partial charge in [0.15, 0.2) is 0 Å². The summed E-state index contributed by atoms with van der Waals surface area (Å²) in [5.41, 5.74) is 5.06. The van der Waals surface area contributed by atoms with Crippen LogP contribution < -0.4 is 0 Å². The van der Waals surface area contributed by atoms with Gasteiger partial charge in [0.25, 0.3) is 0 Å². The number of benzene rings is 1. The summed E-state index contributed by atoms with van der Waals surface area (Å²) in [6.07, 6.45) is 0. The first kappa shape index (κ1) is 16.4. The van der Waals surface area contributed by atoms with Crippen molar-refractivity contribution in [2.24, 2.45) is 0 Å². The third kappa shape index (κ3) is 6.11. The molecule has 0 nitrogen and oxygen atoms in total.